The van der Waals surface area contributed by atoms with Gasteiger partial charge in [0.2, 0.25) is 0 Å². The number of thiophene rings is 1. The molecule has 0 aliphatic rings. The second kappa shape index (κ2) is 8.46. The summed E-state index contributed by atoms with van der Waals surface area (Å²) in [4.78, 5) is 22.2. The van der Waals surface area contributed by atoms with Crippen molar-refractivity contribution in [2.45, 2.75) is 17.9 Å². The Morgan fingerprint density at radius 3 is 2.48 bits per heavy atom. The van der Waals surface area contributed by atoms with E-state index in [1.165, 1.54) is 11.1 Å². The van der Waals surface area contributed by atoms with E-state index in [0.717, 1.165) is 33.0 Å². The molecule has 0 atom stereocenters. The summed E-state index contributed by atoms with van der Waals surface area (Å²) >= 11 is 3.35. The van der Waals surface area contributed by atoms with E-state index in [1.54, 1.807) is 29.4 Å². The van der Waals surface area contributed by atoms with E-state index in [1.807, 2.05) is 48.5 Å². The molecule has 4 aromatic rings. The molecule has 0 fully saturated rings. The number of carbonyl (C=O) groups excluding carboxylic acids is 1. The lowest BCUT2D eigenvalue weighted by Gasteiger charge is -2.05. The number of carbonyl (C=O) groups is 1. The molecular formula is C22H18N2OS2. The van der Waals surface area contributed by atoms with Gasteiger partial charge in [0.1, 0.15) is 16.2 Å². The van der Waals surface area contributed by atoms with Gasteiger partial charge < -0.3 is 0 Å². The average molecular weight is 391 g/mol. The maximum atomic E-state index is 12.2. The number of hydrogen-bond acceptors (Lipinski definition) is 5. The molecule has 0 N–H and O–H groups in total. The van der Waals surface area contributed by atoms with Crippen LogP contribution in [0.25, 0.3) is 21.3 Å². The minimum Gasteiger partial charge on any atom is -0.294 e. The number of fused-ring (bicyclic) bond motifs is 1. The normalized spacial score (nSPS) is 11.0. The lowest BCUT2D eigenvalue weighted by molar-refractivity contribution is 0.0982. The second-order valence-electron chi connectivity index (χ2n) is 6.12. The van der Waals surface area contributed by atoms with Crippen molar-refractivity contribution in [3.05, 3.63) is 77.9 Å². The van der Waals surface area contributed by atoms with Crippen LogP contribution < -0.4 is 0 Å². The largest absolute Gasteiger partial charge is 0.294 e. The summed E-state index contributed by atoms with van der Waals surface area (Å²) in [5.74, 6) is 1.05. The van der Waals surface area contributed by atoms with Crippen LogP contribution >= 0.6 is 23.1 Å². The van der Waals surface area contributed by atoms with E-state index in [4.69, 9.17) is 0 Å². The molecule has 5 heteroatoms. The van der Waals surface area contributed by atoms with Gasteiger partial charge in [0.15, 0.2) is 5.78 Å². The van der Waals surface area contributed by atoms with E-state index >= 15 is 0 Å². The molecular weight excluding hydrogens is 372 g/mol. The standard InChI is InChI=1S/C22H18N2OS2/c25-19(17-10-5-2-6-11-17)12-7-13-26-21-20-18(16-8-3-1-4-9-16)14-27-22(20)24-15-23-21/h1-6,8-11,14-15H,7,12-13H2. The smallest absolute Gasteiger partial charge is 0.162 e. The Bertz CT molecular complexity index is 1050. The van der Waals surface area contributed by atoms with Crippen LogP contribution in [0.1, 0.15) is 23.2 Å². The Morgan fingerprint density at radius 1 is 0.963 bits per heavy atom. The molecule has 2 heterocycles. The SMILES string of the molecule is O=C(CCCSc1ncnc2scc(-c3ccccc3)c12)c1ccccc1. The van der Waals surface area contributed by atoms with Crippen LogP contribution in [0.5, 0.6) is 0 Å². The van der Waals surface area contributed by atoms with Gasteiger partial charge in [0, 0.05) is 22.9 Å². The first-order valence-corrected chi connectivity index (χ1v) is 10.7. The molecule has 0 saturated heterocycles. The van der Waals surface area contributed by atoms with Gasteiger partial charge in [0.25, 0.3) is 0 Å². The molecule has 2 aromatic carbocycles. The maximum Gasteiger partial charge on any atom is 0.162 e. The van der Waals surface area contributed by atoms with Crippen molar-refractivity contribution < 1.29 is 4.79 Å². The predicted molar refractivity (Wildman–Crippen MR) is 114 cm³/mol. The number of benzene rings is 2. The number of hydrogen-bond donors (Lipinski definition) is 0. The highest BCUT2D eigenvalue weighted by atomic mass is 32.2. The minimum absolute atomic E-state index is 0.199. The molecule has 0 aliphatic heterocycles. The Balaban J connectivity index is 1.46. The van der Waals surface area contributed by atoms with Crippen molar-refractivity contribution >= 4 is 39.1 Å². The Kier molecular flexibility index (Phi) is 5.61. The van der Waals surface area contributed by atoms with E-state index in [-0.39, 0.29) is 5.78 Å². The third kappa shape index (κ3) is 4.10. The molecule has 0 spiro atoms. The first kappa shape index (κ1) is 17.9. The van der Waals surface area contributed by atoms with Crippen LogP contribution in [-0.4, -0.2) is 21.5 Å². The van der Waals surface area contributed by atoms with Crippen molar-refractivity contribution in [1.29, 1.82) is 0 Å². The van der Waals surface area contributed by atoms with Crippen molar-refractivity contribution in [3.63, 3.8) is 0 Å². The van der Waals surface area contributed by atoms with E-state index in [0.29, 0.717) is 6.42 Å². The average Bonchev–Trinajstić information content (AvgIpc) is 3.17. The van der Waals surface area contributed by atoms with Crippen LogP contribution in [0.2, 0.25) is 0 Å². The summed E-state index contributed by atoms with van der Waals surface area (Å²) < 4.78 is 0. The molecule has 0 radical (unpaired) electrons. The van der Waals surface area contributed by atoms with E-state index < -0.39 is 0 Å². The van der Waals surface area contributed by atoms with Gasteiger partial charge in [-0.3, -0.25) is 4.79 Å². The summed E-state index contributed by atoms with van der Waals surface area (Å²) in [5, 5.41) is 4.26. The third-order valence-corrected chi connectivity index (χ3v) is 6.27. The van der Waals surface area contributed by atoms with Crippen molar-refractivity contribution in [3.8, 4) is 11.1 Å². The second-order valence-corrected chi connectivity index (χ2v) is 8.06. The van der Waals surface area contributed by atoms with Gasteiger partial charge in [-0.25, -0.2) is 9.97 Å². The monoisotopic (exact) mass is 390 g/mol. The summed E-state index contributed by atoms with van der Waals surface area (Å²) in [5.41, 5.74) is 3.15. The lowest BCUT2D eigenvalue weighted by atomic mass is 10.1. The van der Waals surface area contributed by atoms with Crippen LogP contribution in [0, 0.1) is 0 Å². The van der Waals surface area contributed by atoms with Crippen LogP contribution in [-0.2, 0) is 0 Å². The number of rotatable bonds is 7. The van der Waals surface area contributed by atoms with Gasteiger partial charge in [0.05, 0.1) is 5.39 Å². The molecule has 0 saturated carbocycles. The van der Waals surface area contributed by atoms with E-state index in [9.17, 15) is 4.79 Å². The van der Waals surface area contributed by atoms with Crippen LogP contribution in [0.4, 0.5) is 0 Å². The first-order valence-electron chi connectivity index (χ1n) is 8.81. The maximum absolute atomic E-state index is 12.2. The summed E-state index contributed by atoms with van der Waals surface area (Å²) in [7, 11) is 0. The molecule has 3 nitrogen and oxygen atoms in total. The zero-order chi connectivity index (χ0) is 18.5. The van der Waals surface area contributed by atoms with Crippen LogP contribution in [0.3, 0.4) is 0 Å². The Morgan fingerprint density at radius 2 is 1.70 bits per heavy atom. The van der Waals surface area contributed by atoms with Crippen molar-refractivity contribution in [2.75, 3.05) is 5.75 Å². The van der Waals surface area contributed by atoms with Gasteiger partial charge in [-0.1, -0.05) is 60.7 Å². The number of nitrogens with zero attached hydrogens (tertiary/aromatic N) is 2. The third-order valence-electron chi connectivity index (χ3n) is 4.30. The van der Waals surface area contributed by atoms with Crippen molar-refractivity contribution in [2.24, 2.45) is 0 Å². The number of ketones is 1. The molecule has 0 amide bonds. The fraction of sp³-hybridized carbons (Fsp3) is 0.136. The molecule has 0 bridgehead atoms. The molecule has 27 heavy (non-hydrogen) atoms. The Hall–Kier alpha value is -2.50. The predicted octanol–water partition coefficient (Wildman–Crippen LogP) is 6.11. The quantitative estimate of drug-likeness (QED) is 0.165. The molecule has 0 unspecified atom stereocenters. The number of aromatic nitrogens is 2. The van der Waals surface area contributed by atoms with E-state index in [2.05, 4.69) is 27.5 Å². The molecule has 2 aromatic heterocycles. The van der Waals surface area contributed by atoms with Gasteiger partial charge >= 0.3 is 0 Å². The van der Waals surface area contributed by atoms with Gasteiger partial charge in [-0.15, -0.1) is 23.1 Å². The highest BCUT2D eigenvalue weighted by Crippen LogP contribution is 2.37. The fourth-order valence-electron chi connectivity index (χ4n) is 2.96. The number of thioether (sulfide) groups is 1. The van der Waals surface area contributed by atoms with Gasteiger partial charge in [-0.05, 0) is 17.7 Å². The summed E-state index contributed by atoms with van der Waals surface area (Å²) in [6.07, 6.45) is 3.01. The minimum atomic E-state index is 0.199. The number of Topliss-reactive ketones (excluding diaryl/α,β-unsaturated/α-hetero) is 1. The Labute approximate surface area is 166 Å². The summed E-state index contributed by atoms with van der Waals surface area (Å²) in [6, 6.07) is 19.8. The first-order chi connectivity index (χ1) is 13.3. The fourth-order valence-corrected chi connectivity index (χ4v) is 4.89. The highest BCUT2D eigenvalue weighted by Gasteiger charge is 2.13. The summed E-state index contributed by atoms with van der Waals surface area (Å²) in [6.45, 7) is 0. The molecule has 0 aliphatic carbocycles. The van der Waals surface area contributed by atoms with Crippen molar-refractivity contribution in [1.82, 2.24) is 9.97 Å². The molecule has 4 rings (SSSR count). The topological polar surface area (TPSA) is 42.9 Å². The van der Waals surface area contributed by atoms with Crippen LogP contribution in [0.15, 0.2) is 77.4 Å². The zero-order valence-corrected chi connectivity index (χ0v) is 16.3. The highest BCUT2D eigenvalue weighted by molar-refractivity contribution is 7.99. The van der Waals surface area contributed by atoms with Gasteiger partial charge in [-0.2, -0.15) is 0 Å². The zero-order valence-electron chi connectivity index (χ0n) is 14.7. The molecule has 134 valence electrons. The lowest BCUT2D eigenvalue weighted by Crippen LogP contribution is -1.99.